The molecule has 0 unspecified atom stereocenters. The Labute approximate surface area is 182 Å². The smallest absolute Gasteiger partial charge is 0.370 e. The summed E-state index contributed by atoms with van der Waals surface area (Å²) in [6.07, 6.45) is -2.22. The van der Waals surface area contributed by atoms with Gasteiger partial charge in [0, 0.05) is 38.7 Å². The number of hydrogen-bond acceptors (Lipinski definition) is 5. The first-order valence-corrected chi connectivity index (χ1v) is 10.1. The Hall–Kier alpha value is -3.21. The zero-order valence-electron chi connectivity index (χ0n) is 17.8. The molecule has 32 heavy (non-hydrogen) atoms. The fourth-order valence-corrected chi connectivity index (χ4v) is 3.93. The Morgan fingerprint density at radius 2 is 2.09 bits per heavy atom. The van der Waals surface area contributed by atoms with Crippen molar-refractivity contribution < 1.29 is 22.7 Å². The Balaban J connectivity index is 1.49. The number of carbonyl (C=O) groups excluding carboxylic acids is 1. The van der Waals surface area contributed by atoms with E-state index in [1.54, 1.807) is 13.4 Å². The predicted molar refractivity (Wildman–Crippen MR) is 109 cm³/mol. The standard InChI is InChI=1S/C21H23F3N6O2/c1-12-17(29(2)11-25-12)19-26-18(27-28-19)16-10-15(7-8-32-16)30(3)20(31)13-5-4-6-14(9-13)21(22,23)24/h4-6,9,11,15-16H,7-8,10H2,1-3H3,(H,26,27,28)/t15-,16+/m1/s1. The maximum atomic E-state index is 13.0. The zero-order chi connectivity index (χ0) is 23.0. The van der Waals surface area contributed by atoms with Gasteiger partial charge in [-0.25, -0.2) is 4.98 Å². The fourth-order valence-electron chi connectivity index (χ4n) is 3.93. The van der Waals surface area contributed by atoms with E-state index >= 15 is 0 Å². The molecule has 1 saturated heterocycles. The molecule has 2 atom stereocenters. The average molecular weight is 448 g/mol. The van der Waals surface area contributed by atoms with Gasteiger partial charge in [-0.3, -0.25) is 4.79 Å². The first-order valence-electron chi connectivity index (χ1n) is 10.1. The number of ether oxygens (including phenoxy) is 1. The van der Waals surface area contributed by atoms with E-state index < -0.39 is 23.8 Å². The highest BCUT2D eigenvalue weighted by Gasteiger charge is 2.34. The number of benzene rings is 1. The third-order valence-electron chi connectivity index (χ3n) is 5.71. The number of nitrogens with one attached hydrogen (secondary N) is 1. The van der Waals surface area contributed by atoms with Crippen molar-refractivity contribution in [3.63, 3.8) is 0 Å². The van der Waals surface area contributed by atoms with Crippen LogP contribution in [0.4, 0.5) is 13.2 Å². The van der Waals surface area contributed by atoms with Gasteiger partial charge in [0.15, 0.2) is 11.6 Å². The number of aromatic amines is 1. The lowest BCUT2D eigenvalue weighted by Gasteiger charge is -2.34. The van der Waals surface area contributed by atoms with Crippen LogP contribution in [-0.2, 0) is 18.0 Å². The molecule has 0 bridgehead atoms. The molecule has 3 heterocycles. The summed E-state index contributed by atoms with van der Waals surface area (Å²) in [6, 6.07) is 4.25. The van der Waals surface area contributed by atoms with Gasteiger partial charge in [0.2, 0.25) is 0 Å². The van der Waals surface area contributed by atoms with Crippen LogP contribution in [0.5, 0.6) is 0 Å². The Bertz CT molecular complexity index is 1100. The summed E-state index contributed by atoms with van der Waals surface area (Å²) in [5.74, 6) is 0.632. The second-order valence-electron chi connectivity index (χ2n) is 7.88. The normalized spacial score (nSPS) is 19.2. The minimum Gasteiger partial charge on any atom is -0.370 e. The van der Waals surface area contributed by atoms with Crippen LogP contribution in [0.3, 0.4) is 0 Å². The lowest BCUT2D eigenvalue weighted by Crippen LogP contribution is -2.41. The molecule has 8 nitrogen and oxygen atoms in total. The predicted octanol–water partition coefficient (Wildman–Crippen LogP) is 3.52. The molecule has 0 aliphatic carbocycles. The molecule has 0 spiro atoms. The minimum absolute atomic E-state index is 0.000925. The summed E-state index contributed by atoms with van der Waals surface area (Å²) < 4.78 is 46.7. The van der Waals surface area contributed by atoms with E-state index in [0.717, 1.165) is 23.5 Å². The molecular weight excluding hydrogens is 425 g/mol. The lowest BCUT2D eigenvalue weighted by atomic mass is 10.00. The van der Waals surface area contributed by atoms with Gasteiger partial charge >= 0.3 is 6.18 Å². The van der Waals surface area contributed by atoms with Crippen LogP contribution in [0.2, 0.25) is 0 Å². The van der Waals surface area contributed by atoms with E-state index in [9.17, 15) is 18.0 Å². The van der Waals surface area contributed by atoms with Crippen molar-refractivity contribution in [3.8, 4) is 11.5 Å². The molecule has 0 radical (unpaired) electrons. The largest absolute Gasteiger partial charge is 0.416 e. The Kier molecular flexibility index (Phi) is 5.76. The summed E-state index contributed by atoms with van der Waals surface area (Å²) in [5, 5.41) is 8.42. The van der Waals surface area contributed by atoms with Gasteiger partial charge in [0.25, 0.3) is 5.91 Å². The van der Waals surface area contributed by atoms with Crippen molar-refractivity contribution >= 4 is 5.91 Å². The van der Waals surface area contributed by atoms with E-state index in [1.807, 2.05) is 18.5 Å². The number of imidazole rings is 1. The molecule has 1 amide bonds. The number of amides is 1. The Morgan fingerprint density at radius 1 is 1.31 bits per heavy atom. The van der Waals surface area contributed by atoms with Crippen LogP contribution in [0.15, 0.2) is 30.6 Å². The van der Waals surface area contributed by atoms with Crippen LogP contribution < -0.4 is 0 Å². The van der Waals surface area contributed by atoms with E-state index in [-0.39, 0.29) is 11.6 Å². The van der Waals surface area contributed by atoms with E-state index in [4.69, 9.17) is 4.74 Å². The molecule has 1 N–H and O–H groups in total. The molecule has 4 rings (SSSR count). The number of aromatic nitrogens is 5. The SMILES string of the molecule is Cc1ncn(C)c1-c1nnc([C@@H]2C[C@H](N(C)C(=O)c3cccc(C(F)(F)F)c3)CCO2)[nH]1. The van der Waals surface area contributed by atoms with E-state index in [1.165, 1.54) is 17.0 Å². The van der Waals surface area contributed by atoms with Gasteiger partial charge < -0.3 is 19.2 Å². The third kappa shape index (κ3) is 4.24. The van der Waals surface area contributed by atoms with Gasteiger partial charge in [-0.15, -0.1) is 10.2 Å². The highest BCUT2D eigenvalue weighted by molar-refractivity contribution is 5.94. The number of halogens is 3. The van der Waals surface area contributed by atoms with Crippen molar-refractivity contribution in [3.05, 3.63) is 53.2 Å². The summed E-state index contributed by atoms with van der Waals surface area (Å²) in [6.45, 7) is 2.26. The zero-order valence-corrected chi connectivity index (χ0v) is 17.8. The van der Waals surface area contributed by atoms with Crippen LogP contribution >= 0.6 is 0 Å². The third-order valence-corrected chi connectivity index (χ3v) is 5.71. The van der Waals surface area contributed by atoms with Gasteiger partial charge in [-0.2, -0.15) is 13.2 Å². The van der Waals surface area contributed by atoms with E-state index in [2.05, 4.69) is 20.2 Å². The molecule has 1 fully saturated rings. The van der Waals surface area contributed by atoms with Gasteiger partial charge in [0.1, 0.15) is 11.8 Å². The maximum Gasteiger partial charge on any atom is 0.416 e. The number of alkyl halides is 3. The molecular formula is C21H23F3N6O2. The molecule has 1 aliphatic rings. The molecule has 2 aromatic heterocycles. The highest BCUT2D eigenvalue weighted by Crippen LogP contribution is 2.32. The summed E-state index contributed by atoms with van der Waals surface area (Å²) in [4.78, 5) is 21.8. The summed E-state index contributed by atoms with van der Waals surface area (Å²) in [5.41, 5.74) is 0.775. The number of hydrogen-bond donors (Lipinski definition) is 1. The molecule has 0 saturated carbocycles. The molecule has 1 aromatic carbocycles. The highest BCUT2D eigenvalue weighted by atomic mass is 19.4. The monoisotopic (exact) mass is 448 g/mol. The van der Waals surface area contributed by atoms with Crippen LogP contribution in [0, 0.1) is 6.92 Å². The Morgan fingerprint density at radius 3 is 2.78 bits per heavy atom. The van der Waals surface area contributed by atoms with Crippen molar-refractivity contribution in [2.75, 3.05) is 13.7 Å². The number of nitrogens with zero attached hydrogens (tertiary/aromatic N) is 5. The number of carbonyl (C=O) groups is 1. The first kappa shape index (κ1) is 22.0. The molecule has 170 valence electrons. The summed E-state index contributed by atoms with van der Waals surface area (Å²) >= 11 is 0. The minimum atomic E-state index is -4.51. The van der Waals surface area contributed by atoms with Gasteiger partial charge in [-0.05, 0) is 31.5 Å². The number of H-pyrrole nitrogens is 1. The van der Waals surface area contributed by atoms with Crippen LogP contribution in [-0.4, -0.2) is 55.2 Å². The van der Waals surface area contributed by atoms with Crippen molar-refractivity contribution in [1.82, 2.24) is 29.6 Å². The van der Waals surface area contributed by atoms with Crippen molar-refractivity contribution in [1.29, 1.82) is 0 Å². The lowest BCUT2D eigenvalue weighted by molar-refractivity contribution is -0.137. The molecule has 3 aromatic rings. The van der Waals surface area contributed by atoms with Crippen LogP contribution in [0.1, 0.15) is 46.4 Å². The topological polar surface area (TPSA) is 88.9 Å². The second-order valence-corrected chi connectivity index (χ2v) is 7.88. The quantitative estimate of drug-likeness (QED) is 0.660. The average Bonchev–Trinajstić information content (AvgIpc) is 3.38. The van der Waals surface area contributed by atoms with Crippen LogP contribution in [0.25, 0.3) is 11.5 Å². The van der Waals surface area contributed by atoms with Crippen molar-refractivity contribution in [2.45, 2.75) is 38.1 Å². The summed E-state index contributed by atoms with van der Waals surface area (Å²) in [7, 11) is 3.46. The first-order chi connectivity index (χ1) is 15.1. The van der Waals surface area contributed by atoms with Crippen molar-refractivity contribution in [2.24, 2.45) is 7.05 Å². The maximum absolute atomic E-state index is 13.0. The second kappa shape index (κ2) is 8.38. The van der Waals surface area contributed by atoms with Gasteiger partial charge in [-0.1, -0.05) is 6.07 Å². The molecule has 1 aliphatic heterocycles. The number of rotatable bonds is 4. The number of aryl methyl sites for hydroxylation is 2. The fraction of sp³-hybridized carbons (Fsp3) is 0.429. The molecule has 11 heteroatoms. The van der Waals surface area contributed by atoms with E-state index in [0.29, 0.717) is 31.1 Å². The van der Waals surface area contributed by atoms with Gasteiger partial charge in [0.05, 0.1) is 17.6 Å².